The van der Waals surface area contributed by atoms with Gasteiger partial charge in [-0.2, -0.15) is 0 Å². The van der Waals surface area contributed by atoms with Crippen molar-refractivity contribution >= 4 is 29.9 Å². The van der Waals surface area contributed by atoms with Crippen molar-refractivity contribution in [1.29, 1.82) is 0 Å². The second kappa shape index (κ2) is 8.72. The first-order valence-corrected chi connectivity index (χ1v) is 7.76. The first-order valence-electron chi connectivity index (χ1n) is 7.76. The van der Waals surface area contributed by atoms with E-state index in [0.29, 0.717) is 12.0 Å². The van der Waals surface area contributed by atoms with Crippen LogP contribution in [-0.2, 0) is 13.2 Å². The third-order valence-electron chi connectivity index (χ3n) is 4.00. The molecule has 0 atom stereocenters. The summed E-state index contributed by atoms with van der Waals surface area (Å²) in [6.45, 7) is 10.3. The number of aliphatic hydroxyl groups excluding tert-OH is 1. The number of nitrogens with zero attached hydrogens (tertiary/aromatic N) is 2. The predicted octanol–water partition coefficient (Wildman–Crippen LogP) is 2.99. The van der Waals surface area contributed by atoms with Gasteiger partial charge in [0, 0.05) is 19.6 Å². The SMILES string of the molecule is CCNC(=NCc1ccccc1CO)N1CCC(C)(C)C1.I. The van der Waals surface area contributed by atoms with E-state index in [0.717, 1.165) is 36.7 Å². The largest absolute Gasteiger partial charge is 0.392 e. The second-order valence-electron chi connectivity index (χ2n) is 6.43. The van der Waals surface area contributed by atoms with Crippen molar-refractivity contribution in [2.75, 3.05) is 19.6 Å². The second-order valence-corrected chi connectivity index (χ2v) is 6.43. The molecule has 0 spiro atoms. The Hall–Kier alpha value is -0.820. The lowest BCUT2D eigenvalue weighted by Crippen LogP contribution is -2.40. The lowest BCUT2D eigenvalue weighted by atomic mass is 9.93. The summed E-state index contributed by atoms with van der Waals surface area (Å²) < 4.78 is 0. The van der Waals surface area contributed by atoms with Gasteiger partial charge in [0.25, 0.3) is 0 Å². The summed E-state index contributed by atoms with van der Waals surface area (Å²) >= 11 is 0. The highest BCUT2D eigenvalue weighted by molar-refractivity contribution is 14.0. The summed E-state index contributed by atoms with van der Waals surface area (Å²) in [5.74, 6) is 0.982. The molecule has 4 nitrogen and oxygen atoms in total. The molecule has 22 heavy (non-hydrogen) atoms. The zero-order valence-corrected chi connectivity index (χ0v) is 16.1. The minimum atomic E-state index is 0. The molecule has 1 aliphatic heterocycles. The Morgan fingerprint density at radius 3 is 2.55 bits per heavy atom. The molecule has 0 unspecified atom stereocenters. The van der Waals surface area contributed by atoms with Crippen molar-refractivity contribution in [1.82, 2.24) is 10.2 Å². The van der Waals surface area contributed by atoms with Crippen LogP contribution in [0.3, 0.4) is 0 Å². The molecule has 1 aliphatic rings. The first-order chi connectivity index (χ1) is 10.1. The molecule has 0 amide bonds. The number of aliphatic hydroxyl groups is 1. The number of nitrogens with one attached hydrogen (secondary N) is 1. The Balaban J connectivity index is 0.00000242. The molecule has 0 aliphatic carbocycles. The molecule has 5 heteroatoms. The fourth-order valence-corrected chi connectivity index (χ4v) is 2.75. The minimum Gasteiger partial charge on any atom is -0.392 e. The molecule has 0 saturated carbocycles. The van der Waals surface area contributed by atoms with Crippen LogP contribution in [0.15, 0.2) is 29.3 Å². The number of likely N-dealkylation sites (tertiary alicyclic amines) is 1. The van der Waals surface area contributed by atoms with Crippen LogP contribution in [0.5, 0.6) is 0 Å². The van der Waals surface area contributed by atoms with Gasteiger partial charge in [0.2, 0.25) is 0 Å². The maximum atomic E-state index is 9.39. The molecular formula is C17H28IN3O. The van der Waals surface area contributed by atoms with E-state index >= 15 is 0 Å². The third-order valence-corrected chi connectivity index (χ3v) is 4.00. The third kappa shape index (κ3) is 5.12. The van der Waals surface area contributed by atoms with E-state index in [-0.39, 0.29) is 30.6 Å². The van der Waals surface area contributed by atoms with Gasteiger partial charge in [-0.3, -0.25) is 0 Å². The normalized spacial score (nSPS) is 17.3. The maximum absolute atomic E-state index is 9.39. The molecule has 1 aromatic carbocycles. The van der Waals surface area contributed by atoms with Gasteiger partial charge >= 0.3 is 0 Å². The summed E-state index contributed by atoms with van der Waals surface area (Å²) in [6.07, 6.45) is 1.20. The Morgan fingerprint density at radius 2 is 2.00 bits per heavy atom. The van der Waals surface area contributed by atoms with Crippen molar-refractivity contribution in [3.63, 3.8) is 0 Å². The number of guanidine groups is 1. The topological polar surface area (TPSA) is 47.9 Å². The van der Waals surface area contributed by atoms with Crippen molar-refractivity contribution < 1.29 is 5.11 Å². The summed E-state index contributed by atoms with van der Waals surface area (Å²) in [5, 5.41) is 12.8. The van der Waals surface area contributed by atoms with Gasteiger partial charge in [0.05, 0.1) is 13.2 Å². The number of hydrogen-bond donors (Lipinski definition) is 2. The van der Waals surface area contributed by atoms with Gasteiger partial charge < -0.3 is 15.3 Å². The Kier molecular flexibility index (Phi) is 7.62. The Labute approximate surface area is 151 Å². The smallest absolute Gasteiger partial charge is 0.194 e. The molecule has 1 heterocycles. The minimum absolute atomic E-state index is 0. The van der Waals surface area contributed by atoms with Crippen molar-refractivity contribution in [2.45, 2.75) is 40.3 Å². The van der Waals surface area contributed by atoms with Crippen molar-refractivity contribution in [3.05, 3.63) is 35.4 Å². The molecule has 0 bridgehead atoms. The average molecular weight is 417 g/mol. The number of halogens is 1. The summed E-state index contributed by atoms with van der Waals surface area (Å²) in [5.41, 5.74) is 2.41. The summed E-state index contributed by atoms with van der Waals surface area (Å²) in [7, 11) is 0. The predicted molar refractivity (Wildman–Crippen MR) is 103 cm³/mol. The lowest BCUT2D eigenvalue weighted by molar-refractivity contribution is 0.280. The molecular weight excluding hydrogens is 389 g/mol. The van der Waals surface area contributed by atoms with Crippen LogP contribution >= 0.6 is 24.0 Å². The lowest BCUT2D eigenvalue weighted by Gasteiger charge is -2.23. The fraction of sp³-hybridized carbons (Fsp3) is 0.588. The van der Waals surface area contributed by atoms with E-state index in [1.807, 2.05) is 24.3 Å². The molecule has 1 aromatic rings. The number of aliphatic imine (C=N–C) groups is 1. The van der Waals surface area contributed by atoms with Crippen LogP contribution in [-0.4, -0.2) is 35.6 Å². The molecule has 1 saturated heterocycles. The van der Waals surface area contributed by atoms with Gasteiger partial charge in [-0.25, -0.2) is 4.99 Å². The van der Waals surface area contributed by atoms with Crippen molar-refractivity contribution in [2.24, 2.45) is 10.4 Å². The van der Waals surface area contributed by atoms with Crippen LogP contribution in [0.4, 0.5) is 0 Å². The molecule has 0 radical (unpaired) electrons. The van der Waals surface area contributed by atoms with E-state index < -0.39 is 0 Å². The standard InChI is InChI=1S/C17H27N3O.HI/c1-4-18-16(20-10-9-17(2,3)13-20)19-11-14-7-5-6-8-15(14)12-21;/h5-8,21H,4,9-13H2,1-3H3,(H,18,19);1H. The molecule has 2 rings (SSSR count). The van der Waals surface area contributed by atoms with Crippen molar-refractivity contribution in [3.8, 4) is 0 Å². The van der Waals surface area contributed by atoms with E-state index in [2.05, 4.69) is 31.0 Å². The van der Waals surface area contributed by atoms with Crippen LogP contribution in [0.25, 0.3) is 0 Å². The highest BCUT2D eigenvalue weighted by Crippen LogP contribution is 2.28. The van der Waals surface area contributed by atoms with E-state index in [1.54, 1.807) is 0 Å². The fourth-order valence-electron chi connectivity index (χ4n) is 2.75. The number of rotatable bonds is 4. The van der Waals surface area contributed by atoms with E-state index in [4.69, 9.17) is 4.99 Å². The summed E-state index contributed by atoms with van der Waals surface area (Å²) in [4.78, 5) is 7.10. The van der Waals surface area contributed by atoms with Crippen LogP contribution in [0.1, 0.15) is 38.3 Å². The number of benzene rings is 1. The molecule has 1 fully saturated rings. The van der Waals surface area contributed by atoms with Crippen LogP contribution in [0.2, 0.25) is 0 Å². The van der Waals surface area contributed by atoms with Gasteiger partial charge in [-0.05, 0) is 29.9 Å². The van der Waals surface area contributed by atoms with E-state index in [1.165, 1.54) is 6.42 Å². The zero-order valence-electron chi connectivity index (χ0n) is 13.8. The zero-order chi connectivity index (χ0) is 15.3. The van der Waals surface area contributed by atoms with Gasteiger partial charge in [-0.1, -0.05) is 38.1 Å². The van der Waals surface area contributed by atoms with Crippen LogP contribution in [0, 0.1) is 5.41 Å². The van der Waals surface area contributed by atoms with Gasteiger partial charge in [0.1, 0.15) is 0 Å². The summed E-state index contributed by atoms with van der Waals surface area (Å²) in [6, 6.07) is 7.94. The van der Waals surface area contributed by atoms with Gasteiger partial charge in [-0.15, -0.1) is 24.0 Å². The average Bonchev–Trinajstić information content (AvgIpc) is 2.84. The van der Waals surface area contributed by atoms with Gasteiger partial charge in [0.15, 0.2) is 5.96 Å². The van der Waals surface area contributed by atoms with E-state index in [9.17, 15) is 5.11 Å². The quantitative estimate of drug-likeness (QED) is 0.450. The number of hydrogen-bond acceptors (Lipinski definition) is 2. The van der Waals surface area contributed by atoms with Crippen LogP contribution < -0.4 is 5.32 Å². The first kappa shape index (κ1) is 19.2. The molecule has 2 N–H and O–H groups in total. The highest BCUT2D eigenvalue weighted by Gasteiger charge is 2.30. The monoisotopic (exact) mass is 417 g/mol. The molecule has 0 aromatic heterocycles. The Morgan fingerprint density at radius 1 is 1.32 bits per heavy atom. The Bertz CT molecular complexity index is 502. The highest BCUT2D eigenvalue weighted by atomic mass is 127. The molecule has 124 valence electrons. The maximum Gasteiger partial charge on any atom is 0.194 e.